The zero-order valence-corrected chi connectivity index (χ0v) is 15.6. The average Bonchev–Trinajstić information content (AvgIpc) is 3.40. The second-order valence-corrected chi connectivity index (χ2v) is 7.23. The first-order valence-corrected chi connectivity index (χ1v) is 9.90. The fraction of sp³-hybridized carbons (Fsp3) is 0.263. The summed E-state index contributed by atoms with van der Waals surface area (Å²) < 4.78 is 1.63. The molecule has 1 amide bonds. The molecule has 0 radical (unpaired) electrons. The standard InChI is InChI=1S/C19H20N6OS/c26-18(20-15-8-10-16(11-9-15)24-12-4-5-13-24)14-27-19-21-22-23-25(19)17-6-2-1-3-7-17/h1-3,6-11H,4-5,12-14H2,(H,20,26). The summed E-state index contributed by atoms with van der Waals surface area (Å²) in [5.41, 5.74) is 2.87. The van der Waals surface area contributed by atoms with Gasteiger partial charge in [-0.3, -0.25) is 4.79 Å². The number of anilines is 2. The third-order valence-electron chi connectivity index (χ3n) is 4.40. The molecule has 8 heteroatoms. The van der Waals surface area contributed by atoms with Crippen molar-refractivity contribution < 1.29 is 4.79 Å². The topological polar surface area (TPSA) is 75.9 Å². The summed E-state index contributed by atoms with van der Waals surface area (Å²) in [5.74, 6) is 0.151. The van der Waals surface area contributed by atoms with E-state index in [1.807, 2.05) is 42.5 Å². The van der Waals surface area contributed by atoms with Crippen LogP contribution >= 0.6 is 11.8 Å². The van der Waals surface area contributed by atoms with Gasteiger partial charge in [0.1, 0.15) is 0 Å². The van der Waals surface area contributed by atoms with Crippen molar-refractivity contribution in [3.05, 3.63) is 54.6 Å². The number of benzene rings is 2. The lowest BCUT2D eigenvalue weighted by molar-refractivity contribution is -0.113. The normalized spacial score (nSPS) is 13.7. The second kappa shape index (κ2) is 8.22. The van der Waals surface area contributed by atoms with E-state index in [1.54, 1.807) is 4.68 Å². The van der Waals surface area contributed by atoms with E-state index in [-0.39, 0.29) is 11.7 Å². The summed E-state index contributed by atoms with van der Waals surface area (Å²) in [5, 5.41) is 15.2. The van der Waals surface area contributed by atoms with Gasteiger partial charge in [-0.2, -0.15) is 4.68 Å². The number of carbonyl (C=O) groups is 1. The first kappa shape index (κ1) is 17.5. The van der Waals surface area contributed by atoms with Crippen LogP contribution in [-0.4, -0.2) is 45.0 Å². The van der Waals surface area contributed by atoms with Gasteiger partial charge >= 0.3 is 0 Å². The number of aromatic nitrogens is 4. The first-order chi connectivity index (χ1) is 13.3. The van der Waals surface area contributed by atoms with E-state index in [2.05, 4.69) is 37.9 Å². The third-order valence-corrected chi connectivity index (χ3v) is 5.32. The number of amides is 1. The molecule has 4 rings (SSSR count). The van der Waals surface area contributed by atoms with Crippen LogP contribution in [0.15, 0.2) is 59.8 Å². The van der Waals surface area contributed by atoms with Crippen molar-refractivity contribution in [1.29, 1.82) is 0 Å². The lowest BCUT2D eigenvalue weighted by atomic mass is 10.2. The Balaban J connectivity index is 1.33. The lowest BCUT2D eigenvalue weighted by Gasteiger charge is -2.17. The highest BCUT2D eigenvalue weighted by Gasteiger charge is 2.13. The van der Waals surface area contributed by atoms with Gasteiger partial charge in [0.25, 0.3) is 0 Å². The van der Waals surface area contributed by atoms with Crippen LogP contribution in [0.3, 0.4) is 0 Å². The van der Waals surface area contributed by atoms with Gasteiger partial charge in [0.2, 0.25) is 11.1 Å². The van der Waals surface area contributed by atoms with Crippen LogP contribution in [-0.2, 0) is 4.79 Å². The summed E-state index contributed by atoms with van der Waals surface area (Å²) in [6.45, 7) is 2.22. The van der Waals surface area contributed by atoms with Crippen LogP contribution in [0.2, 0.25) is 0 Å². The molecule has 1 aliphatic rings. The second-order valence-electron chi connectivity index (χ2n) is 6.29. The monoisotopic (exact) mass is 380 g/mol. The smallest absolute Gasteiger partial charge is 0.234 e. The molecule has 1 N–H and O–H groups in total. The van der Waals surface area contributed by atoms with Gasteiger partial charge < -0.3 is 10.2 Å². The molecule has 3 aromatic rings. The molecule has 0 saturated carbocycles. The zero-order chi connectivity index (χ0) is 18.5. The summed E-state index contributed by atoms with van der Waals surface area (Å²) in [4.78, 5) is 14.6. The molecule has 0 aliphatic carbocycles. The van der Waals surface area contributed by atoms with Crippen LogP contribution in [0.25, 0.3) is 5.69 Å². The SMILES string of the molecule is O=C(CSc1nnnn1-c1ccccc1)Nc1ccc(N2CCCC2)cc1. The Kier molecular flexibility index (Phi) is 5.34. The number of tetrazole rings is 1. The molecule has 2 aromatic carbocycles. The molecule has 27 heavy (non-hydrogen) atoms. The minimum absolute atomic E-state index is 0.0865. The molecule has 1 aromatic heterocycles. The minimum Gasteiger partial charge on any atom is -0.372 e. The number of nitrogens with one attached hydrogen (secondary N) is 1. The predicted molar refractivity (Wildman–Crippen MR) is 106 cm³/mol. The number of thioether (sulfide) groups is 1. The molecule has 2 heterocycles. The van der Waals surface area contributed by atoms with Crippen LogP contribution in [0.4, 0.5) is 11.4 Å². The molecule has 0 unspecified atom stereocenters. The number of hydrogen-bond acceptors (Lipinski definition) is 6. The van der Waals surface area contributed by atoms with Gasteiger partial charge in [-0.05, 0) is 59.7 Å². The van der Waals surface area contributed by atoms with E-state index in [0.717, 1.165) is 24.5 Å². The molecule has 0 spiro atoms. The summed E-state index contributed by atoms with van der Waals surface area (Å²) >= 11 is 1.31. The molecule has 0 bridgehead atoms. The van der Waals surface area contributed by atoms with Crippen molar-refractivity contribution in [1.82, 2.24) is 20.2 Å². The van der Waals surface area contributed by atoms with Crippen LogP contribution in [0.5, 0.6) is 0 Å². The van der Waals surface area contributed by atoms with E-state index >= 15 is 0 Å². The van der Waals surface area contributed by atoms with Gasteiger partial charge in [-0.1, -0.05) is 30.0 Å². The number of hydrogen-bond donors (Lipinski definition) is 1. The molecule has 0 atom stereocenters. The van der Waals surface area contributed by atoms with Gasteiger partial charge in [0.05, 0.1) is 11.4 Å². The molecule has 1 fully saturated rings. The third kappa shape index (κ3) is 4.28. The van der Waals surface area contributed by atoms with Crippen molar-refractivity contribution >= 4 is 29.0 Å². The summed E-state index contributed by atoms with van der Waals surface area (Å²) in [7, 11) is 0. The van der Waals surface area contributed by atoms with E-state index in [0.29, 0.717) is 5.16 Å². The highest BCUT2D eigenvalue weighted by atomic mass is 32.2. The Labute approximate surface area is 161 Å². The predicted octanol–water partition coefficient (Wildman–Crippen LogP) is 2.99. The Morgan fingerprint density at radius 3 is 2.48 bits per heavy atom. The van der Waals surface area contributed by atoms with Crippen LogP contribution < -0.4 is 10.2 Å². The summed E-state index contributed by atoms with van der Waals surface area (Å²) in [6, 6.07) is 17.6. The van der Waals surface area contributed by atoms with Gasteiger partial charge in [0.15, 0.2) is 0 Å². The minimum atomic E-state index is -0.0865. The highest BCUT2D eigenvalue weighted by Crippen LogP contribution is 2.23. The largest absolute Gasteiger partial charge is 0.372 e. The Morgan fingerprint density at radius 2 is 1.74 bits per heavy atom. The van der Waals surface area contributed by atoms with Crippen molar-refractivity contribution in [2.45, 2.75) is 18.0 Å². The van der Waals surface area contributed by atoms with E-state index in [1.165, 1.54) is 30.3 Å². The van der Waals surface area contributed by atoms with E-state index in [9.17, 15) is 4.79 Å². The molecule has 1 saturated heterocycles. The average molecular weight is 380 g/mol. The van der Waals surface area contributed by atoms with E-state index < -0.39 is 0 Å². The molecule has 1 aliphatic heterocycles. The van der Waals surface area contributed by atoms with Gasteiger partial charge in [0, 0.05) is 24.5 Å². The molecular weight excluding hydrogens is 360 g/mol. The highest BCUT2D eigenvalue weighted by molar-refractivity contribution is 7.99. The lowest BCUT2D eigenvalue weighted by Crippen LogP contribution is -2.18. The summed E-state index contributed by atoms with van der Waals surface area (Å²) in [6.07, 6.45) is 2.50. The molecule has 7 nitrogen and oxygen atoms in total. The van der Waals surface area contributed by atoms with Crippen molar-refractivity contribution in [3.63, 3.8) is 0 Å². The van der Waals surface area contributed by atoms with Crippen LogP contribution in [0, 0.1) is 0 Å². The Morgan fingerprint density at radius 1 is 1.00 bits per heavy atom. The number of para-hydroxylation sites is 1. The number of rotatable bonds is 6. The van der Waals surface area contributed by atoms with Crippen molar-refractivity contribution in [3.8, 4) is 5.69 Å². The van der Waals surface area contributed by atoms with E-state index in [4.69, 9.17) is 0 Å². The Hall–Kier alpha value is -2.87. The maximum absolute atomic E-state index is 12.3. The number of carbonyl (C=O) groups excluding carboxylic acids is 1. The fourth-order valence-electron chi connectivity index (χ4n) is 3.06. The fourth-order valence-corrected chi connectivity index (χ4v) is 3.75. The number of nitrogens with zero attached hydrogens (tertiary/aromatic N) is 5. The van der Waals surface area contributed by atoms with Crippen molar-refractivity contribution in [2.24, 2.45) is 0 Å². The van der Waals surface area contributed by atoms with Gasteiger partial charge in [-0.25, -0.2) is 0 Å². The zero-order valence-electron chi connectivity index (χ0n) is 14.8. The van der Waals surface area contributed by atoms with Crippen molar-refractivity contribution in [2.75, 3.05) is 29.1 Å². The van der Waals surface area contributed by atoms with Gasteiger partial charge in [-0.15, -0.1) is 5.10 Å². The van der Waals surface area contributed by atoms with Crippen LogP contribution in [0.1, 0.15) is 12.8 Å². The molecular formula is C19H20N6OS. The Bertz CT molecular complexity index is 890. The maximum Gasteiger partial charge on any atom is 0.234 e. The quantitative estimate of drug-likeness (QED) is 0.663. The molecule has 138 valence electrons. The first-order valence-electron chi connectivity index (χ1n) is 8.91. The maximum atomic E-state index is 12.3.